The number of benzene rings is 1. The van der Waals surface area contributed by atoms with Gasteiger partial charge in [-0.3, -0.25) is 14.4 Å². The van der Waals surface area contributed by atoms with Crippen molar-refractivity contribution in [3.63, 3.8) is 0 Å². The van der Waals surface area contributed by atoms with Crippen molar-refractivity contribution in [2.24, 2.45) is 0 Å². The normalized spacial score (nSPS) is 10.2. The van der Waals surface area contributed by atoms with Crippen molar-refractivity contribution in [1.82, 2.24) is 0 Å². The summed E-state index contributed by atoms with van der Waals surface area (Å²) in [5.41, 5.74) is 0.00116. The van der Waals surface area contributed by atoms with Gasteiger partial charge in [0.15, 0.2) is 5.78 Å². The molecule has 0 unspecified atom stereocenters. The number of carbonyl (C=O) groups is 3. The number of esters is 1. The number of rotatable bonds is 8. The summed E-state index contributed by atoms with van der Waals surface area (Å²) in [5, 5.41) is 9.71. The molecule has 0 saturated carbocycles. The molecule has 5 heteroatoms. The monoisotopic (exact) mass is 292 g/mol. The van der Waals surface area contributed by atoms with Gasteiger partial charge >= 0.3 is 5.97 Å². The van der Waals surface area contributed by atoms with Gasteiger partial charge in [-0.1, -0.05) is 13.8 Å². The maximum atomic E-state index is 12.0. The lowest BCUT2D eigenvalue weighted by Gasteiger charge is -2.07. The molecule has 0 aromatic heterocycles. The highest BCUT2D eigenvalue weighted by atomic mass is 16.5. The number of ketones is 2. The molecule has 0 spiro atoms. The van der Waals surface area contributed by atoms with Crippen LogP contribution in [0.15, 0.2) is 18.2 Å². The molecule has 0 fully saturated rings. The fourth-order valence-electron chi connectivity index (χ4n) is 1.83. The molecule has 21 heavy (non-hydrogen) atoms. The third-order valence-electron chi connectivity index (χ3n) is 2.84. The van der Waals surface area contributed by atoms with Crippen LogP contribution < -0.4 is 4.74 Å². The number of aromatic hydroxyl groups is 1. The molecule has 0 aliphatic heterocycles. The Labute approximate surface area is 123 Å². The molecule has 5 nitrogen and oxygen atoms in total. The lowest BCUT2D eigenvalue weighted by atomic mass is 10.0. The highest BCUT2D eigenvalue weighted by Gasteiger charge is 2.16. The van der Waals surface area contributed by atoms with Crippen molar-refractivity contribution in [2.45, 2.75) is 46.0 Å². The second kappa shape index (κ2) is 8.19. The van der Waals surface area contributed by atoms with Gasteiger partial charge in [0, 0.05) is 12.8 Å². The van der Waals surface area contributed by atoms with E-state index in [9.17, 15) is 19.5 Å². The number of phenols is 1. The predicted octanol–water partition coefficient (Wildman–Crippen LogP) is 3.04. The first kappa shape index (κ1) is 16.9. The van der Waals surface area contributed by atoms with Gasteiger partial charge in [0.05, 0.1) is 12.0 Å². The van der Waals surface area contributed by atoms with Crippen LogP contribution in [0.4, 0.5) is 0 Å². The number of hydrogen-bond acceptors (Lipinski definition) is 5. The smallest absolute Gasteiger partial charge is 0.311 e. The molecule has 0 heterocycles. The van der Waals surface area contributed by atoms with Crippen LogP contribution in [0, 0.1) is 0 Å². The maximum absolute atomic E-state index is 12.0. The molecule has 114 valence electrons. The van der Waals surface area contributed by atoms with Crippen LogP contribution in [0.2, 0.25) is 0 Å². The van der Waals surface area contributed by atoms with Crippen molar-refractivity contribution in [3.05, 3.63) is 23.8 Å². The number of hydrogen-bond donors (Lipinski definition) is 1. The second-order valence-electron chi connectivity index (χ2n) is 4.79. The van der Waals surface area contributed by atoms with Crippen LogP contribution in [0.25, 0.3) is 0 Å². The van der Waals surface area contributed by atoms with Crippen LogP contribution in [0.1, 0.15) is 56.3 Å². The van der Waals surface area contributed by atoms with Crippen LogP contribution >= 0.6 is 0 Å². The van der Waals surface area contributed by atoms with Gasteiger partial charge in [-0.15, -0.1) is 0 Å². The minimum absolute atomic E-state index is 0.00116. The summed E-state index contributed by atoms with van der Waals surface area (Å²) in [7, 11) is 0. The predicted molar refractivity (Wildman–Crippen MR) is 77.5 cm³/mol. The minimum atomic E-state index is -0.473. The standard InChI is InChI=1S/C16H20O5/c1-3-5-11(17)9-15(19)13-10-12(7-8-14(13)18)21-16(20)6-4-2/h7-8,10,18H,3-6,9H2,1-2H3. The summed E-state index contributed by atoms with van der Waals surface area (Å²) < 4.78 is 5.07. The van der Waals surface area contributed by atoms with Crippen molar-refractivity contribution in [3.8, 4) is 11.5 Å². The van der Waals surface area contributed by atoms with E-state index >= 15 is 0 Å². The average molecular weight is 292 g/mol. The molecule has 0 bridgehead atoms. The molecule has 0 saturated heterocycles. The lowest BCUT2D eigenvalue weighted by Crippen LogP contribution is -2.10. The second-order valence-corrected chi connectivity index (χ2v) is 4.79. The topological polar surface area (TPSA) is 80.7 Å². The van der Waals surface area contributed by atoms with E-state index < -0.39 is 11.8 Å². The maximum Gasteiger partial charge on any atom is 0.311 e. The number of ether oxygens (including phenoxy) is 1. The van der Waals surface area contributed by atoms with E-state index in [1.54, 1.807) is 0 Å². The van der Waals surface area contributed by atoms with Gasteiger partial charge in [-0.25, -0.2) is 0 Å². The fraction of sp³-hybridized carbons (Fsp3) is 0.438. The quantitative estimate of drug-likeness (QED) is 0.345. The summed E-state index contributed by atoms with van der Waals surface area (Å²) in [5.74, 6) is -1.07. The molecular formula is C16H20O5. The summed E-state index contributed by atoms with van der Waals surface area (Å²) in [6.07, 6.45) is 1.69. The van der Waals surface area contributed by atoms with Crippen molar-refractivity contribution in [1.29, 1.82) is 0 Å². The first-order chi connectivity index (χ1) is 9.97. The van der Waals surface area contributed by atoms with E-state index in [1.165, 1.54) is 18.2 Å². The first-order valence-electron chi connectivity index (χ1n) is 7.06. The minimum Gasteiger partial charge on any atom is -0.507 e. The average Bonchev–Trinajstić information content (AvgIpc) is 2.41. The number of carbonyl (C=O) groups excluding carboxylic acids is 3. The van der Waals surface area contributed by atoms with Gasteiger partial charge in [0.25, 0.3) is 0 Å². The summed E-state index contributed by atoms with van der Waals surface area (Å²) in [6.45, 7) is 3.71. The van der Waals surface area contributed by atoms with E-state index in [1.807, 2.05) is 13.8 Å². The van der Waals surface area contributed by atoms with Crippen molar-refractivity contribution >= 4 is 17.5 Å². The Bertz CT molecular complexity index is 533. The van der Waals surface area contributed by atoms with E-state index in [4.69, 9.17) is 4.74 Å². The molecule has 0 amide bonds. The Morgan fingerprint density at radius 1 is 1.10 bits per heavy atom. The first-order valence-corrected chi connectivity index (χ1v) is 7.06. The third kappa shape index (κ3) is 5.38. The van der Waals surface area contributed by atoms with Crippen molar-refractivity contribution < 1.29 is 24.2 Å². The zero-order valence-electron chi connectivity index (χ0n) is 12.3. The summed E-state index contributed by atoms with van der Waals surface area (Å²) >= 11 is 0. The Balaban J connectivity index is 2.84. The molecule has 1 rings (SSSR count). The molecule has 1 aromatic rings. The van der Waals surface area contributed by atoms with Crippen LogP contribution in [0.5, 0.6) is 11.5 Å². The van der Waals surface area contributed by atoms with E-state index in [-0.39, 0.29) is 35.7 Å². The Hall–Kier alpha value is -2.17. The van der Waals surface area contributed by atoms with Gasteiger partial charge in [0.2, 0.25) is 0 Å². The van der Waals surface area contributed by atoms with Gasteiger partial charge in [-0.05, 0) is 31.0 Å². The molecule has 0 aliphatic carbocycles. The summed E-state index contributed by atoms with van der Waals surface area (Å²) in [6, 6.07) is 3.99. The van der Waals surface area contributed by atoms with E-state index in [0.717, 1.165) is 0 Å². The Kier molecular flexibility index (Phi) is 6.59. The highest BCUT2D eigenvalue weighted by Crippen LogP contribution is 2.25. The Morgan fingerprint density at radius 2 is 1.76 bits per heavy atom. The van der Waals surface area contributed by atoms with Gasteiger partial charge < -0.3 is 9.84 Å². The molecule has 0 atom stereocenters. The largest absolute Gasteiger partial charge is 0.507 e. The molecule has 0 aliphatic rings. The van der Waals surface area contributed by atoms with Crippen LogP contribution in [-0.4, -0.2) is 22.6 Å². The fourth-order valence-corrected chi connectivity index (χ4v) is 1.83. The van der Waals surface area contributed by atoms with Gasteiger partial charge in [0.1, 0.15) is 17.3 Å². The molecule has 1 aromatic carbocycles. The van der Waals surface area contributed by atoms with Gasteiger partial charge in [-0.2, -0.15) is 0 Å². The number of phenolic OH excluding ortho intramolecular Hbond substituents is 1. The molecule has 0 radical (unpaired) electrons. The third-order valence-corrected chi connectivity index (χ3v) is 2.84. The van der Waals surface area contributed by atoms with Crippen molar-refractivity contribution in [2.75, 3.05) is 0 Å². The van der Waals surface area contributed by atoms with Crippen LogP contribution in [-0.2, 0) is 9.59 Å². The lowest BCUT2D eigenvalue weighted by molar-refractivity contribution is -0.134. The number of Topliss-reactive ketones (excluding diaryl/α,β-unsaturated/α-hetero) is 2. The highest BCUT2D eigenvalue weighted by molar-refractivity contribution is 6.09. The van der Waals surface area contributed by atoms with E-state index in [2.05, 4.69) is 0 Å². The molecule has 1 N–H and O–H groups in total. The van der Waals surface area contributed by atoms with Crippen LogP contribution in [0.3, 0.4) is 0 Å². The summed E-state index contributed by atoms with van der Waals surface area (Å²) in [4.78, 5) is 34.9. The molecular weight excluding hydrogens is 272 g/mol. The zero-order valence-corrected chi connectivity index (χ0v) is 12.3. The Morgan fingerprint density at radius 3 is 2.38 bits per heavy atom. The zero-order chi connectivity index (χ0) is 15.8. The van der Waals surface area contributed by atoms with E-state index in [0.29, 0.717) is 19.3 Å². The SMILES string of the molecule is CCCC(=O)CC(=O)c1cc(OC(=O)CCC)ccc1O.